The van der Waals surface area contributed by atoms with Gasteiger partial charge in [0.2, 0.25) is 0 Å². The molecular formula is C17H18BrNO2. The van der Waals surface area contributed by atoms with Gasteiger partial charge in [0, 0.05) is 16.5 Å². The van der Waals surface area contributed by atoms with E-state index in [1.54, 1.807) is 7.11 Å². The van der Waals surface area contributed by atoms with Crippen molar-refractivity contribution in [1.29, 1.82) is 0 Å². The summed E-state index contributed by atoms with van der Waals surface area (Å²) in [7, 11) is 1.62. The van der Waals surface area contributed by atoms with Gasteiger partial charge in [-0.15, -0.1) is 0 Å². The summed E-state index contributed by atoms with van der Waals surface area (Å²) in [6, 6.07) is 13.3. The SMILES string of the molecule is COc1ccc(Br)c(CC(=O)c2ccccc2CCN)c1. The van der Waals surface area contributed by atoms with E-state index < -0.39 is 0 Å². The summed E-state index contributed by atoms with van der Waals surface area (Å²) in [5.74, 6) is 0.837. The number of methoxy groups -OCH3 is 1. The molecule has 4 heteroatoms. The van der Waals surface area contributed by atoms with Crippen LogP contribution in [0.1, 0.15) is 21.5 Å². The molecule has 0 saturated heterocycles. The Hall–Kier alpha value is -1.65. The zero-order chi connectivity index (χ0) is 15.2. The molecule has 0 aliphatic carbocycles. The maximum Gasteiger partial charge on any atom is 0.167 e. The van der Waals surface area contributed by atoms with Crippen molar-refractivity contribution in [2.75, 3.05) is 13.7 Å². The van der Waals surface area contributed by atoms with Gasteiger partial charge in [0.25, 0.3) is 0 Å². The predicted molar refractivity (Wildman–Crippen MR) is 87.9 cm³/mol. The minimum absolute atomic E-state index is 0.0907. The average molecular weight is 348 g/mol. The Morgan fingerprint density at radius 1 is 1.19 bits per heavy atom. The molecule has 0 aromatic heterocycles. The van der Waals surface area contributed by atoms with Gasteiger partial charge in [0.1, 0.15) is 5.75 Å². The molecule has 0 heterocycles. The predicted octanol–water partition coefficient (Wildman–Crippen LogP) is 3.38. The Balaban J connectivity index is 2.26. The molecule has 21 heavy (non-hydrogen) atoms. The molecule has 0 saturated carbocycles. The van der Waals surface area contributed by atoms with E-state index in [1.807, 2.05) is 42.5 Å². The zero-order valence-corrected chi connectivity index (χ0v) is 13.5. The zero-order valence-electron chi connectivity index (χ0n) is 11.9. The summed E-state index contributed by atoms with van der Waals surface area (Å²) in [4.78, 5) is 12.6. The van der Waals surface area contributed by atoms with E-state index in [4.69, 9.17) is 10.5 Å². The summed E-state index contributed by atoms with van der Waals surface area (Å²) < 4.78 is 6.12. The van der Waals surface area contributed by atoms with Crippen LogP contribution >= 0.6 is 15.9 Å². The topological polar surface area (TPSA) is 52.3 Å². The van der Waals surface area contributed by atoms with Crippen LogP contribution in [0.2, 0.25) is 0 Å². The lowest BCUT2D eigenvalue weighted by Gasteiger charge is -2.10. The van der Waals surface area contributed by atoms with Crippen molar-refractivity contribution in [1.82, 2.24) is 0 Å². The molecule has 0 aliphatic rings. The molecule has 3 nitrogen and oxygen atoms in total. The molecular weight excluding hydrogens is 330 g/mol. The van der Waals surface area contributed by atoms with E-state index >= 15 is 0 Å². The number of ketones is 1. The molecule has 2 aromatic carbocycles. The minimum Gasteiger partial charge on any atom is -0.497 e. The lowest BCUT2D eigenvalue weighted by molar-refractivity contribution is 0.0992. The molecule has 0 unspecified atom stereocenters. The normalized spacial score (nSPS) is 10.4. The van der Waals surface area contributed by atoms with E-state index in [9.17, 15) is 4.79 Å². The van der Waals surface area contributed by atoms with Crippen molar-refractivity contribution in [3.8, 4) is 5.75 Å². The minimum atomic E-state index is 0.0907. The maximum atomic E-state index is 12.6. The van der Waals surface area contributed by atoms with Gasteiger partial charge in [0.05, 0.1) is 7.11 Å². The second kappa shape index (κ2) is 7.38. The number of carbonyl (C=O) groups excluding carboxylic acids is 1. The van der Waals surface area contributed by atoms with E-state index in [0.717, 1.165) is 26.9 Å². The first-order chi connectivity index (χ1) is 10.2. The smallest absolute Gasteiger partial charge is 0.167 e. The highest BCUT2D eigenvalue weighted by Crippen LogP contribution is 2.24. The molecule has 2 rings (SSSR count). The summed E-state index contributed by atoms with van der Waals surface area (Å²) in [6.45, 7) is 0.535. The third kappa shape index (κ3) is 3.93. The van der Waals surface area contributed by atoms with Crippen molar-refractivity contribution < 1.29 is 9.53 Å². The monoisotopic (exact) mass is 347 g/mol. The third-order valence-corrected chi connectivity index (χ3v) is 4.11. The lowest BCUT2D eigenvalue weighted by atomic mass is 9.97. The summed E-state index contributed by atoms with van der Waals surface area (Å²) in [5, 5.41) is 0. The highest BCUT2D eigenvalue weighted by atomic mass is 79.9. The number of nitrogens with two attached hydrogens (primary N) is 1. The Labute approximate surface area is 133 Å². The Kier molecular flexibility index (Phi) is 5.53. The van der Waals surface area contributed by atoms with Crippen LogP contribution in [0.5, 0.6) is 5.75 Å². The Bertz CT molecular complexity index is 640. The van der Waals surface area contributed by atoms with Gasteiger partial charge in [-0.05, 0) is 42.3 Å². The Morgan fingerprint density at radius 2 is 1.95 bits per heavy atom. The fourth-order valence-electron chi connectivity index (χ4n) is 2.25. The third-order valence-electron chi connectivity index (χ3n) is 3.34. The number of carbonyl (C=O) groups is 1. The van der Waals surface area contributed by atoms with Crippen molar-refractivity contribution >= 4 is 21.7 Å². The number of hydrogen-bond donors (Lipinski definition) is 1. The van der Waals surface area contributed by atoms with Gasteiger partial charge >= 0.3 is 0 Å². The molecule has 2 aromatic rings. The van der Waals surface area contributed by atoms with E-state index in [-0.39, 0.29) is 5.78 Å². The highest BCUT2D eigenvalue weighted by Gasteiger charge is 2.13. The maximum absolute atomic E-state index is 12.6. The molecule has 0 amide bonds. The van der Waals surface area contributed by atoms with Crippen molar-refractivity contribution in [3.63, 3.8) is 0 Å². The number of ether oxygens (including phenoxy) is 1. The molecule has 0 bridgehead atoms. The number of Topliss-reactive ketones (excluding diaryl/α,β-unsaturated/α-hetero) is 1. The fourth-order valence-corrected chi connectivity index (χ4v) is 2.63. The largest absolute Gasteiger partial charge is 0.497 e. The molecule has 110 valence electrons. The van der Waals surface area contributed by atoms with Gasteiger partial charge in [-0.25, -0.2) is 0 Å². The number of halogens is 1. The van der Waals surface area contributed by atoms with Crippen LogP contribution in [0.15, 0.2) is 46.9 Å². The van der Waals surface area contributed by atoms with Gasteiger partial charge in [-0.3, -0.25) is 4.79 Å². The molecule has 0 radical (unpaired) electrons. The summed E-state index contributed by atoms with van der Waals surface area (Å²) in [6.07, 6.45) is 1.04. The number of benzene rings is 2. The summed E-state index contributed by atoms with van der Waals surface area (Å²) in [5.41, 5.74) is 8.28. The molecule has 0 fully saturated rings. The van der Waals surface area contributed by atoms with Crippen LogP contribution in [-0.2, 0) is 12.8 Å². The first kappa shape index (κ1) is 15.7. The quantitative estimate of drug-likeness (QED) is 0.815. The van der Waals surface area contributed by atoms with Gasteiger partial charge in [-0.2, -0.15) is 0 Å². The number of hydrogen-bond acceptors (Lipinski definition) is 3. The number of rotatable bonds is 6. The molecule has 2 N–H and O–H groups in total. The van der Waals surface area contributed by atoms with Crippen LogP contribution in [-0.4, -0.2) is 19.4 Å². The van der Waals surface area contributed by atoms with E-state index in [2.05, 4.69) is 15.9 Å². The average Bonchev–Trinajstić information content (AvgIpc) is 2.50. The second-order valence-electron chi connectivity index (χ2n) is 4.75. The first-order valence-corrected chi connectivity index (χ1v) is 7.58. The highest BCUT2D eigenvalue weighted by molar-refractivity contribution is 9.10. The van der Waals surface area contributed by atoms with Crippen LogP contribution in [0.3, 0.4) is 0 Å². The second-order valence-corrected chi connectivity index (χ2v) is 5.61. The van der Waals surface area contributed by atoms with Crippen LogP contribution in [0.25, 0.3) is 0 Å². The van der Waals surface area contributed by atoms with Crippen LogP contribution in [0, 0.1) is 0 Å². The molecule has 0 atom stereocenters. The van der Waals surface area contributed by atoms with E-state index in [1.165, 1.54) is 0 Å². The fraction of sp³-hybridized carbons (Fsp3) is 0.235. The molecule has 0 aliphatic heterocycles. The van der Waals surface area contributed by atoms with Crippen LogP contribution in [0.4, 0.5) is 0 Å². The first-order valence-electron chi connectivity index (χ1n) is 6.79. The van der Waals surface area contributed by atoms with Gasteiger partial charge < -0.3 is 10.5 Å². The summed E-state index contributed by atoms with van der Waals surface area (Å²) >= 11 is 3.48. The molecule has 0 spiro atoms. The lowest BCUT2D eigenvalue weighted by Crippen LogP contribution is -2.11. The van der Waals surface area contributed by atoms with Crippen molar-refractivity contribution in [2.45, 2.75) is 12.8 Å². The van der Waals surface area contributed by atoms with Crippen LogP contribution < -0.4 is 10.5 Å². The standard InChI is InChI=1S/C17H18BrNO2/c1-21-14-6-7-16(18)13(10-14)11-17(20)15-5-3-2-4-12(15)8-9-19/h2-7,10H,8-9,11,19H2,1H3. The Morgan fingerprint density at radius 3 is 2.67 bits per heavy atom. The van der Waals surface area contributed by atoms with Crippen molar-refractivity contribution in [3.05, 3.63) is 63.6 Å². The van der Waals surface area contributed by atoms with E-state index in [0.29, 0.717) is 19.4 Å². The van der Waals surface area contributed by atoms with Gasteiger partial charge in [0.15, 0.2) is 5.78 Å². The van der Waals surface area contributed by atoms with Crippen molar-refractivity contribution in [2.24, 2.45) is 5.73 Å². The van der Waals surface area contributed by atoms with Gasteiger partial charge in [-0.1, -0.05) is 40.2 Å².